The molecular weight excluding hydrogens is 532 g/mol. The Hall–Kier alpha value is -5.87. The van der Waals surface area contributed by atoms with Gasteiger partial charge in [0.05, 0.1) is 0 Å². The molecule has 0 fully saturated rings. The number of hydrogen-bond acceptors (Lipinski definition) is 4. The highest BCUT2D eigenvalue weighted by molar-refractivity contribution is 6.11. The predicted molar refractivity (Wildman–Crippen MR) is 173 cm³/mol. The molecule has 0 saturated heterocycles. The normalized spacial score (nSPS) is 12.0. The summed E-state index contributed by atoms with van der Waals surface area (Å²) in [7, 11) is 0. The summed E-state index contributed by atoms with van der Waals surface area (Å²) in [4.78, 5) is 13.1. The number of ketones is 1. The minimum atomic E-state index is -0.276. The number of benzene rings is 6. The van der Waals surface area contributed by atoms with Gasteiger partial charge in [0.1, 0.15) is 28.1 Å². The van der Waals surface area contributed by atoms with E-state index in [0.717, 1.165) is 66.1 Å². The third kappa shape index (κ3) is 4.20. The first kappa shape index (κ1) is 24.9. The number of rotatable bonds is 5. The highest BCUT2D eigenvalue weighted by Crippen LogP contribution is 2.37. The summed E-state index contributed by atoms with van der Waals surface area (Å²) in [6.07, 6.45) is 1.27. The van der Waals surface area contributed by atoms with Crippen molar-refractivity contribution in [1.82, 2.24) is 0 Å². The highest BCUT2D eigenvalue weighted by atomic mass is 16.3. The Labute approximate surface area is 246 Å². The van der Waals surface area contributed by atoms with Gasteiger partial charge in [0.25, 0.3) is 0 Å². The SMILES string of the molecule is O=C(/C=C(\O)c1ccc(-c2cccc3c2oc2ccccc23)cc1)c1ccc(-c2cccc3c2oc2ccccc23)cc1. The second-order valence-corrected chi connectivity index (χ2v) is 10.6. The molecule has 1 N–H and O–H groups in total. The second-order valence-electron chi connectivity index (χ2n) is 10.6. The van der Waals surface area contributed by atoms with Crippen molar-refractivity contribution in [2.75, 3.05) is 0 Å². The van der Waals surface area contributed by atoms with E-state index in [1.165, 1.54) is 6.08 Å². The van der Waals surface area contributed by atoms with Crippen LogP contribution in [-0.4, -0.2) is 10.9 Å². The summed E-state index contributed by atoms with van der Waals surface area (Å²) < 4.78 is 12.4. The molecule has 4 heteroatoms. The van der Waals surface area contributed by atoms with E-state index in [1.54, 1.807) is 12.1 Å². The summed E-state index contributed by atoms with van der Waals surface area (Å²) >= 11 is 0. The van der Waals surface area contributed by atoms with Crippen LogP contribution >= 0.6 is 0 Å². The molecule has 4 nitrogen and oxygen atoms in total. The van der Waals surface area contributed by atoms with Gasteiger partial charge in [-0.2, -0.15) is 0 Å². The lowest BCUT2D eigenvalue weighted by Gasteiger charge is -2.06. The average Bonchev–Trinajstić information content (AvgIpc) is 3.63. The molecule has 0 bridgehead atoms. The van der Waals surface area contributed by atoms with E-state index >= 15 is 0 Å². The monoisotopic (exact) mass is 556 g/mol. The molecule has 43 heavy (non-hydrogen) atoms. The number of hydrogen-bond donors (Lipinski definition) is 1. The van der Waals surface area contributed by atoms with E-state index in [1.807, 2.05) is 97.1 Å². The summed E-state index contributed by atoms with van der Waals surface area (Å²) in [5, 5.41) is 15.1. The van der Waals surface area contributed by atoms with Gasteiger partial charge in [-0.05, 0) is 23.3 Å². The van der Waals surface area contributed by atoms with E-state index in [9.17, 15) is 9.90 Å². The molecule has 0 spiro atoms. The van der Waals surface area contributed by atoms with Crippen LogP contribution in [-0.2, 0) is 0 Å². The molecule has 0 aliphatic rings. The molecule has 204 valence electrons. The number of aliphatic hydroxyl groups is 1. The zero-order valence-corrected chi connectivity index (χ0v) is 23.0. The van der Waals surface area contributed by atoms with E-state index < -0.39 is 0 Å². The number of allylic oxidation sites excluding steroid dienone is 1. The van der Waals surface area contributed by atoms with Gasteiger partial charge in [-0.15, -0.1) is 0 Å². The van der Waals surface area contributed by atoms with E-state index in [4.69, 9.17) is 8.83 Å². The lowest BCUT2D eigenvalue weighted by atomic mass is 9.99. The molecule has 0 aliphatic heterocycles. The third-order valence-electron chi connectivity index (χ3n) is 8.05. The van der Waals surface area contributed by atoms with Gasteiger partial charge >= 0.3 is 0 Å². The van der Waals surface area contributed by atoms with E-state index in [-0.39, 0.29) is 11.5 Å². The quantitative estimate of drug-likeness (QED) is 0.130. The van der Waals surface area contributed by atoms with Gasteiger partial charge in [-0.1, -0.05) is 121 Å². The van der Waals surface area contributed by atoms with Crippen LogP contribution in [0.5, 0.6) is 0 Å². The number of fused-ring (bicyclic) bond motifs is 6. The van der Waals surface area contributed by atoms with Crippen LogP contribution in [0.15, 0.2) is 148 Å². The van der Waals surface area contributed by atoms with Crippen molar-refractivity contribution in [3.63, 3.8) is 0 Å². The molecular formula is C39H24O4. The maximum Gasteiger partial charge on any atom is 0.189 e. The fourth-order valence-corrected chi connectivity index (χ4v) is 5.87. The van der Waals surface area contributed by atoms with Crippen LogP contribution in [0.4, 0.5) is 0 Å². The molecule has 0 atom stereocenters. The summed E-state index contributed by atoms with van der Waals surface area (Å²) in [6.45, 7) is 0. The minimum absolute atomic E-state index is 0.0883. The zero-order chi connectivity index (χ0) is 28.9. The summed E-state index contributed by atoms with van der Waals surface area (Å²) in [5.74, 6) is -0.364. The van der Waals surface area contributed by atoms with Crippen molar-refractivity contribution in [3.8, 4) is 22.3 Å². The lowest BCUT2D eigenvalue weighted by molar-refractivity contribution is 0.104. The van der Waals surface area contributed by atoms with Gasteiger partial charge in [0.15, 0.2) is 5.78 Å². The molecule has 8 rings (SSSR count). The fraction of sp³-hybridized carbons (Fsp3) is 0. The number of aliphatic hydroxyl groups excluding tert-OH is 1. The third-order valence-corrected chi connectivity index (χ3v) is 8.05. The molecule has 6 aromatic carbocycles. The Morgan fingerprint density at radius 3 is 1.44 bits per heavy atom. The van der Waals surface area contributed by atoms with Crippen molar-refractivity contribution in [2.24, 2.45) is 0 Å². The molecule has 0 aliphatic carbocycles. The first-order chi connectivity index (χ1) is 21.1. The number of carbonyl (C=O) groups is 1. The van der Waals surface area contributed by atoms with E-state index in [0.29, 0.717) is 11.1 Å². The zero-order valence-electron chi connectivity index (χ0n) is 23.0. The molecule has 2 aromatic heterocycles. The van der Waals surface area contributed by atoms with Crippen LogP contribution < -0.4 is 0 Å². The smallest absolute Gasteiger partial charge is 0.189 e. The second kappa shape index (κ2) is 9.89. The molecule has 0 radical (unpaired) electrons. The van der Waals surface area contributed by atoms with Crippen LogP contribution in [0.3, 0.4) is 0 Å². The summed E-state index contributed by atoms with van der Waals surface area (Å²) in [5.41, 5.74) is 8.22. The topological polar surface area (TPSA) is 63.6 Å². The van der Waals surface area contributed by atoms with Crippen molar-refractivity contribution >= 4 is 55.4 Å². The predicted octanol–water partition coefficient (Wildman–Crippen LogP) is 10.6. The molecule has 2 heterocycles. The first-order valence-electron chi connectivity index (χ1n) is 14.1. The van der Waals surface area contributed by atoms with Crippen molar-refractivity contribution in [3.05, 3.63) is 151 Å². The van der Waals surface area contributed by atoms with E-state index in [2.05, 4.69) is 24.3 Å². The van der Waals surface area contributed by atoms with Gasteiger partial charge in [-0.3, -0.25) is 4.79 Å². The number of furan rings is 2. The Morgan fingerprint density at radius 1 is 0.488 bits per heavy atom. The molecule has 8 aromatic rings. The highest BCUT2D eigenvalue weighted by Gasteiger charge is 2.14. The maximum atomic E-state index is 13.1. The fourth-order valence-electron chi connectivity index (χ4n) is 5.87. The van der Waals surface area contributed by atoms with Crippen molar-refractivity contribution in [1.29, 1.82) is 0 Å². The molecule has 0 amide bonds. The molecule has 0 unspecified atom stereocenters. The largest absolute Gasteiger partial charge is 0.507 e. The first-order valence-corrected chi connectivity index (χ1v) is 14.1. The van der Waals surface area contributed by atoms with Crippen molar-refractivity contribution in [2.45, 2.75) is 0 Å². The Morgan fingerprint density at radius 2 is 0.930 bits per heavy atom. The Balaban J connectivity index is 1.05. The number of carbonyl (C=O) groups excluding carboxylic acids is 1. The average molecular weight is 557 g/mol. The standard InChI is InChI=1S/C39H24O4/c40-34(26-19-15-24(16-20-26)28-9-5-11-32-30-7-1-3-13-36(30)42-38(28)32)23-35(41)27-21-17-25(18-22-27)29-10-6-12-33-31-8-2-4-14-37(31)43-39(29)33/h1-23,40H/b34-23-. The lowest BCUT2D eigenvalue weighted by Crippen LogP contribution is -1.96. The number of para-hydroxylation sites is 4. The Kier molecular flexibility index (Phi) is 5.73. The summed E-state index contributed by atoms with van der Waals surface area (Å²) in [6, 6.07) is 43.0. The Bertz CT molecular complexity index is 2350. The minimum Gasteiger partial charge on any atom is -0.507 e. The van der Waals surface area contributed by atoms with Gasteiger partial charge in [0, 0.05) is 49.9 Å². The van der Waals surface area contributed by atoms with Crippen LogP contribution in [0.25, 0.3) is 71.9 Å². The van der Waals surface area contributed by atoms with Gasteiger partial charge < -0.3 is 13.9 Å². The van der Waals surface area contributed by atoms with Crippen LogP contribution in [0.1, 0.15) is 15.9 Å². The van der Waals surface area contributed by atoms with Crippen LogP contribution in [0.2, 0.25) is 0 Å². The van der Waals surface area contributed by atoms with Crippen molar-refractivity contribution < 1.29 is 18.7 Å². The van der Waals surface area contributed by atoms with Gasteiger partial charge in [0.2, 0.25) is 0 Å². The van der Waals surface area contributed by atoms with Crippen LogP contribution in [0, 0.1) is 0 Å². The molecule has 0 saturated carbocycles. The maximum absolute atomic E-state index is 13.1. The van der Waals surface area contributed by atoms with Gasteiger partial charge in [-0.25, -0.2) is 0 Å².